The molecule has 0 bridgehead atoms. The van der Waals surface area contributed by atoms with Crippen LogP contribution in [0.2, 0.25) is 0 Å². The molecule has 0 saturated heterocycles. The van der Waals surface area contributed by atoms with Gasteiger partial charge in [-0.15, -0.1) is 20.4 Å². The van der Waals surface area contributed by atoms with E-state index in [1.54, 1.807) is 18.2 Å². The van der Waals surface area contributed by atoms with Crippen LogP contribution in [0, 0.1) is 12.7 Å². The first kappa shape index (κ1) is 21.1. The first-order chi connectivity index (χ1) is 16.2. The molecule has 0 unspecified atom stereocenters. The molecule has 0 saturated carbocycles. The lowest BCUT2D eigenvalue weighted by Crippen LogP contribution is -2.05. The lowest BCUT2D eigenvalue weighted by molar-refractivity contribution is 0.528. The van der Waals surface area contributed by atoms with Gasteiger partial charge in [-0.3, -0.25) is 4.57 Å². The number of rotatable bonds is 7. The predicted octanol–water partition coefficient (Wildman–Crippen LogP) is 5.78. The Morgan fingerprint density at radius 2 is 1.61 bits per heavy atom. The maximum atomic E-state index is 14.5. The Kier molecular flexibility index (Phi) is 5.99. The van der Waals surface area contributed by atoms with Crippen LogP contribution in [-0.4, -0.2) is 25.0 Å². The average Bonchev–Trinajstić information content (AvgIpc) is 3.47. The van der Waals surface area contributed by atoms with Gasteiger partial charge in [0.15, 0.2) is 11.0 Å². The van der Waals surface area contributed by atoms with Gasteiger partial charge in [0.1, 0.15) is 5.82 Å². The summed E-state index contributed by atoms with van der Waals surface area (Å²) in [6.07, 6.45) is 0. The summed E-state index contributed by atoms with van der Waals surface area (Å²) < 4.78 is 22.3. The molecule has 0 spiro atoms. The first-order valence-electron chi connectivity index (χ1n) is 10.4. The highest BCUT2D eigenvalue weighted by atomic mass is 32.2. The second-order valence-electron chi connectivity index (χ2n) is 7.51. The van der Waals surface area contributed by atoms with Crippen molar-refractivity contribution in [3.63, 3.8) is 0 Å². The van der Waals surface area contributed by atoms with Gasteiger partial charge < -0.3 is 4.42 Å². The van der Waals surface area contributed by atoms with Gasteiger partial charge in [0.25, 0.3) is 0 Å². The number of aromatic nitrogens is 5. The highest BCUT2D eigenvalue weighted by molar-refractivity contribution is 7.98. The molecule has 0 fully saturated rings. The van der Waals surface area contributed by atoms with E-state index in [-0.39, 0.29) is 5.82 Å². The van der Waals surface area contributed by atoms with Crippen molar-refractivity contribution in [2.45, 2.75) is 24.4 Å². The highest BCUT2D eigenvalue weighted by Gasteiger charge is 2.19. The van der Waals surface area contributed by atoms with Crippen molar-refractivity contribution in [1.29, 1.82) is 0 Å². The van der Waals surface area contributed by atoms with Gasteiger partial charge in [0.05, 0.1) is 17.9 Å². The van der Waals surface area contributed by atoms with Crippen molar-refractivity contribution in [1.82, 2.24) is 25.0 Å². The number of halogens is 1. The molecule has 2 aromatic heterocycles. The van der Waals surface area contributed by atoms with Crippen molar-refractivity contribution >= 4 is 11.8 Å². The third-order valence-electron chi connectivity index (χ3n) is 5.11. The molecular formula is C25H20FN5OS. The number of hydrogen-bond donors (Lipinski definition) is 0. The largest absolute Gasteiger partial charge is 0.420 e. The van der Waals surface area contributed by atoms with Gasteiger partial charge in [-0.1, -0.05) is 71.9 Å². The lowest BCUT2D eigenvalue weighted by Gasteiger charge is -2.10. The Labute approximate surface area is 194 Å². The number of thioether (sulfide) groups is 1. The summed E-state index contributed by atoms with van der Waals surface area (Å²) in [5.41, 5.74) is 3.51. The van der Waals surface area contributed by atoms with Crippen LogP contribution in [0.3, 0.4) is 0 Å². The van der Waals surface area contributed by atoms with E-state index in [1.807, 2.05) is 66.1 Å². The minimum absolute atomic E-state index is 0.338. The quantitative estimate of drug-likeness (QED) is 0.289. The van der Waals surface area contributed by atoms with E-state index in [1.165, 1.54) is 17.8 Å². The molecule has 6 nitrogen and oxygen atoms in total. The lowest BCUT2D eigenvalue weighted by atomic mass is 10.1. The van der Waals surface area contributed by atoms with Crippen LogP contribution in [0.25, 0.3) is 22.8 Å². The van der Waals surface area contributed by atoms with E-state index in [9.17, 15) is 4.39 Å². The van der Waals surface area contributed by atoms with E-state index >= 15 is 0 Å². The van der Waals surface area contributed by atoms with Gasteiger partial charge in [0, 0.05) is 5.56 Å². The molecule has 0 aliphatic rings. The Hall–Kier alpha value is -3.78. The number of aryl methyl sites for hydroxylation is 1. The molecule has 0 atom stereocenters. The van der Waals surface area contributed by atoms with Crippen molar-refractivity contribution in [2.75, 3.05) is 0 Å². The molecular weight excluding hydrogens is 437 g/mol. The van der Waals surface area contributed by atoms with Crippen LogP contribution in [-0.2, 0) is 12.3 Å². The van der Waals surface area contributed by atoms with Crippen molar-refractivity contribution in [2.24, 2.45) is 0 Å². The van der Waals surface area contributed by atoms with Gasteiger partial charge in [-0.25, -0.2) is 4.39 Å². The van der Waals surface area contributed by atoms with Crippen molar-refractivity contribution < 1.29 is 8.81 Å². The molecule has 8 heteroatoms. The summed E-state index contributed by atoms with van der Waals surface area (Å²) in [5.74, 6) is 1.52. The fraction of sp³-hybridized carbons (Fsp3) is 0.120. The van der Waals surface area contributed by atoms with Crippen LogP contribution in [0.4, 0.5) is 4.39 Å². The third kappa shape index (κ3) is 4.70. The van der Waals surface area contributed by atoms with Crippen LogP contribution < -0.4 is 0 Å². The van der Waals surface area contributed by atoms with Crippen molar-refractivity contribution in [3.05, 3.63) is 102 Å². The smallest absolute Gasteiger partial charge is 0.247 e. The third-order valence-corrected chi connectivity index (χ3v) is 6.06. The zero-order chi connectivity index (χ0) is 22.6. The molecule has 0 aliphatic carbocycles. The molecule has 3 aromatic carbocycles. The van der Waals surface area contributed by atoms with E-state index in [2.05, 4.69) is 20.4 Å². The first-order valence-corrected chi connectivity index (χ1v) is 11.4. The Morgan fingerprint density at radius 3 is 2.39 bits per heavy atom. The topological polar surface area (TPSA) is 69.6 Å². The van der Waals surface area contributed by atoms with Crippen LogP contribution in [0.5, 0.6) is 0 Å². The van der Waals surface area contributed by atoms with E-state index < -0.39 is 0 Å². The molecule has 0 aliphatic heterocycles. The second-order valence-corrected chi connectivity index (χ2v) is 8.46. The molecule has 33 heavy (non-hydrogen) atoms. The molecule has 0 N–H and O–H groups in total. The minimum Gasteiger partial charge on any atom is -0.420 e. The maximum Gasteiger partial charge on any atom is 0.247 e. The summed E-state index contributed by atoms with van der Waals surface area (Å²) in [6, 6.07) is 24.4. The molecule has 5 aromatic rings. The number of hydrogen-bond acceptors (Lipinski definition) is 6. The van der Waals surface area contributed by atoms with E-state index in [0.717, 1.165) is 16.7 Å². The van der Waals surface area contributed by atoms with Crippen LogP contribution in [0.15, 0.2) is 88.4 Å². The Balaban J connectivity index is 1.41. The van der Waals surface area contributed by atoms with Crippen LogP contribution in [0.1, 0.15) is 17.0 Å². The van der Waals surface area contributed by atoms with Gasteiger partial charge >= 0.3 is 0 Å². The number of benzene rings is 3. The summed E-state index contributed by atoms with van der Waals surface area (Å²) in [5, 5.41) is 17.6. The van der Waals surface area contributed by atoms with Gasteiger partial charge in [0.2, 0.25) is 11.8 Å². The molecule has 5 rings (SSSR count). The minimum atomic E-state index is -0.338. The second kappa shape index (κ2) is 9.38. The SMILES string of the molecule is Cc1ccc(-c2nnc(CSc3nnc(-c4ccccc4F)n3Cc3ccccc3)o2)cc1. The molecule has 0 amide bonds. The average molecular weight is 458 g/mol. The zero-order valence-corrected chi connectivity index (χ0v) is 18.7. The zero-order valence-electron chi connectivity index (χ0n) is 17.9. The van der Waals surface area contributed by atoms with Crippen LogP contribution >= 0.6 is 11.8 Å². The molecule has 2 heterocycles. The van der Waals surface area contributed by atoms with Crippen molar-refractivity contribution in [3.8, 4) is 22.8 Å². The fourth-order valence-electron chi connectivity index (χ4n) is 3.40. The fourth-order valence-corrected chi connectivity index (χ4v) is 4.17. The summed E-state index contributed by atoms with van der Waals surface area (Å²) in [6.45, 7) is 2.54. The van der Waals surface area contributed by atoms with E-state index in [4.69, 9.17) is 4.42 Å². The normalized spacial score (nSPS) is 11.1. The van der Waals surface area contributed by atoms with Gasteiger partial charge in [-0.2, -0.15) is 0 Å². The Bertz CT molecular complexity index is 1370. The Morgan fingerprint density at radius 1 is 0.848 bits per heavy atom. The summed E-state index contributed by atoms with van der Waals surface area (Å²) >= 11 is 1.42. The highest BCUT2D eigenvalue weighted by Crippen LogP contribution is 2.29. The molecule has 0 radical (unpaired) electrons. The van der Waals surface area contributed by atoms with E-state index in [0.29, 0.717) is 40.6 Å². The molecule has 164 valence electrons. The maximum absolute atomic E-state index is 14.5. The summed E-state index contributed by atoms with van der Waals surface area (Å²) in [7, 11) is 0. The predicted molar refractivity (Wildman–Crippen MR) is 125 cm³/mol. The summed E-state index contributed by atoms with van der Waals surface area (Å²) in [4.78, 5) is 0. The van der Waals surface area contributed by atoms with Gasteiger partial charge in [-0.05, 0) is 36.8 Å². The standard InChI is InChI=1S/C25H20FN5OS/c1-17-11-13-19(14-12-17)24-29-27-22(32-24)16-33-25-30-28-23(20-9-5-6-10-21(20)26)31(25)15-18-7-3-2-4-8-18/h2-14H,15-16H2,1H3. The monoisotopic (exact) mass is 457 g/mol. The number of nitrogens with zero attached hydrogens (tertiary/aromatic N) is 5.